The van der Waals surface area contributed by atoms with Crippen LogP contribution in [0.1, 0.15) is 51.0 Å². The first-order valence-electron chi connectivity index (χ1n) is 9.31. The Kier molecular flexibility index (Phi) is 6.39. The van der Waals surface area contributed by atoms with Gasteiger partial charge in [0.05, 0.1) is 9.80 Å². The van der Waals surface area contributed by atoms with Crippen LogP contribution in [0.25, 0.3) is 5.57 Å². The van der Waals surface area contributed by atoms with Gasteiger partial charge in [-0.25, -0.2) is 8.42 Å². The Morgan fingerprint density at radius 1 is 1.07 bits per heavy atom. The van der Waals surface area contributed by atoms with Crippen LogP contribution < -0.4 is 5.32 Å². The van der Waals surface area contributed by atoms with E-state index < -0.39 is 21.2 Å². The summed E-state index contributed by atoms with van der Waals surface area (Å²) >= 11 is 0.842. The molecule has 27 heavy (non-hydrogen) atoms. The predicted molar refractivity (Wildman–Crippen MR) is 107 cm³/mol. The molecular weight excluding hydrogens is 384 g/mol. The molecule has 2 amide bonds. The first kappa shape index (κ1) is 20.1. The van der Waals surface area contributed by atoms with Crippen molar-refractivity contribution in [2.45, 2.75) is 50.3 Å². The molecule has 3 rings (SSSR count). The minimum absolute atomic E-state index is 0.122. The Morgan fingerprint density at radius 3 is 2.48 bits per heavy atom. The smallest absolute Gasteiger partial charge is 0.282 e. The van der Waals surface area contributed by atoms with Crippen LogP contribution in [0.4, 0.5) is 4.79 Å². The van der Waals surface area contributed by atoms with Crippen LogP contribution in [0.15, 0.2) is 34.1 Å². The van der Waals surface area contributed by atoms with E-state index in [2.05, 4.69) is 12.2 Å². The number of nitrogens with one attached hydrogen (secondary N) is 1. The van der Waals surface area contributed by atoms with E-state index in [4.69, 9.17) is 0 Å². The van der Waals surface area contributed by atoms with Crippen molar-refractivity contribution >= 4 is 38.5 Å². The lowest BCUT2D eigenvalue weighted by atomic mass is 10.0. The molecule has 8 heteroatoms. The number of rotatable bonds is 7. The van der Waals surface area contributed by atoms with E-state index in [9.17, 15) is 18.0 Å². The summed E-state index contributed by atoms with van der Waals surface area (Å²) in [6, 6.07) is 6.70. The van der Waals surface area contributed by atoms with E-state index in [1.807, 2.05) is 0 Å². The fraction of sp³-hybridized carbons (Fsp3) is 0.474. The van der Waals surface area contributed by atoms with Crippen molar-refractivity contribution in [3.8, 4) is 0 Å². The third kappa shape index (κ3) is 4.28. The fourth-order valence-electron chi connectivity index (χ4n) is 3.40. The zero-order valence-corrected chi connectivity index (χ0v) is 17.0. The lowest BCUT2D eigenvalue weighted by Crippen LogP contribution is -2.38. The summed E-state index contributed by atoms with van der Waals surface area (Å²) in [4.78, 5) is 24.2. The number of carbonyl (C=O) groups is 2. The molecule has 2 aliphatic heterocycles. The van der Waals surface area contributed by atoms with Crippen molar-refractivity contribution in [1.82, 2.24) is 9.62 Å². The average molecular weight is 409 g/mol. The minimum atomic E-state index is -3.60. The molecule has 0 spiro atoms. The van der Waals surface area contributed by atoms with Gasteiger partial charge in [-0.15, -0.1) is 0 Å². The lowest BCUT2D eigenvalue weighted by Gasteiger charge is -2.30. The van der Waals surface area contributed by atoms with Crippen molar-refractivity contribution in [2.24, 2.45) is 0 Å². The van der Waals surface area contributed by atoms with Gasteiger partial charge in [-0.2, -0.15) is 4.31 Å². The van der Waals surface area contributed by atoms with Crippen molar-refractivity contribution in [3.05, 3.63) is 34.7 Å². The maximum Gasteiger partial charge on any atom is 0.290 e. The molecule has 146 valence electrons. The van der Waals surface area contributed by atoms with E-state index in [-0.39, 0.29) is 11.4 Å². The maximum absolute atomic E-state index is 13.0. The highest BCUT2D eigenvalue weighted by Crippen LogP contribution is 2.39. The van der Waals surface area contributed by atoms with Gasteiger partial charge in [0.1, 0.15) is 0 Å². The summed E-state index contributed by atoms with van der Waals surface area (Å²) in [7, 11) is -3.60. The number of hydrogen-bond donors (Lipinski definition) is 1. The number of hydrogen-bond acceptors (Lipinski definition) is 5. The summed E-state index contributed by atoms with van der Waals surface area (Å²) in [5, 5.41) is 1.84. The van der Waals surface area contributed by atoms with Gasteiger partial charge in [0, 0.05) is 18.7 Å². The first-order valence-corrected chi connectivity index (χ1v) is 11.6. The third-order valence-corrected chi connectivity index (χ3v) is 7.64. The van der Waals surface area contributed by atoms with Gasteiger partial charge in [-0.05, 0) is 29.8 Å². The van der Waals surface area contributed by atoms with Gasteiger partial charge in [0.2, 0.25) is 10.0 Å². The molecule has 1 aromatic carbocycles. The Hall–Kier alpha value is -1.64. The number of amides is 2. The monoisotopic (exact) mass is 408 g/mol. The van der Waals surface area contributed by atoms with Gasteiger partial charge in [-0.1, -0.05) is 57.2 Å². The van der Waals surface area contributed by atoms with Gasteiger partial charge in [-0.3, -0.25) is 14.9 Å². The number of benzene rings is 1. The largest absolute Gasteiger partial charge is 0.290 e. The maximum atomic E-state index is 13.0. The van der Waals surface area contributed by atoms with Crippen LogP contribution in [-0.4, -0.2) is 37.0 Å². The standard InChI is InChI=1S/C19H24N2O4S2/c1-2-3-4-5-6-9-12-21-13-15(17-18(22)20-19(23)26-17)14-10-7-8-11-16(14)27(21,24)25/h7-8,10-11H,2-6,9,12-13H2,1H3,(H,20,22,23)/b17-15-. The molecule has 1 saturated heterocycles. The van der Waals surface area contributed by atoms with E-state index in [0.29, 0.717) is 22.6 Å². The first-order chi connectivity index (χ1) is 12.9. The van der Waals surface area contributed by atoms with E-state index >= 15 is 0 Å². The van der Waals surface area contributed by atoms with Crippen molar-refractivity contribution < 1.29 is 18.0 Å². The number of imide groups is 1. The molecule has 0 unspecified atom stereocenters. The number of carbonyl (C=O) groups excluding carboxylic acids is 2. The normalized spacial score (nSPS) is 22.0. The van der Waals surface area contributed by atoms with Crippen LogP contribution in [-0.2, 0) is 14.8 Å². The second kappa shape index (κ2) is 8.58. The molecule has 0 aromatic heterocycles. The fourth-order valence-corrected chi connectivity index (χ4v) is 5.84. The van der Waals surface area contributed by atoms with Crippen LogP contribution >= 0.6 is 11.8 Å². The zero-order chi connectivity index (χ0) is 19.4. The van der Waals surface area contributed by atoms with Gasteiger partial charge in [0.25, 0.3) is 11.1 Å². The van der Waals surface area contributed by atoms with Crippen LogP contribution in [0.3, 0.4) is 0 Å². The van der Waals surface area contributed by atoms with E-state index in [0.717, 1.165) is 31.0 Å². The molecule has 1 aromatic rings. The van der Waals surface area contributed by atoms with Crippen molar-refractivity contribution in [2.75, 3.05) is 13.1 Å². The minimum Gasteiger partial charge on any atom is -0.282 e. The quantitative estimate of drug-likeness (QED) is 0.549. The lowest BCUT2D eigenvalue weighted by molar-refractivity contribution is -0.115. The highest BCUT2D eigenvalue weighted by molar-refractivity contribution is 8.18. The zero-order valence-electron chi connectivity index (χ0n) is 15.4. The highest BCUT2D eigenvalue weighted by atomic mass is 32.2. The SMILES string of the molecule is CCCCCCCCN1C/C(=C2/SC(=O)NC2=O)c2ccccc2S1(=O)=O. The second-order valence-electron chi connectivity index (χ2n) is 6.75. The molecule has 0 atom stereocenters. The van der Waals surface area contributed by atoms with Gasteiger partial charge >= 0.3 is 0 Å². The second-order valence-corrected chi connectivity index (χ2v) is 9.64. The summed E-state index contributed by atoms with van der Waals surface area (Å²) in [5.74, 6) is -0.450. The molecule has 0 aliphatic carbocycles. The predicted octanol–water partition coefficient (Wildman–Crippen LogP) is 3.75. The van der Waals surface area contributed by atoms with Gasteiger partial charge < -0.3 is 0 Å². The Bertz CT molecular complexity index is 877. The number of unbranched alkanes of at least 4 members (excludes halogenated alkanes) is 5. The van der Waals surface area contributed by atoms with Crippen molar-refractivity contribution in [1.29, 1.82) is 0 Å². The Balaban J connectivity index is 1.86. The summed E-state index contributed by atoms with van der Waals surface area (Å²) < 4.78 is 27.5. The third-order valence-electron chi connectivity index (χ3n) is 4.82. The molecule has 6 nitrogen and oxygen atoms in total. The molecule has 1 N–H and O–H groups in total. The van der Waals surface area contributed by atoms with E-state index in [1.165, 1.54) is 23.6 Å². The van der Waals surface area contributed by atoms with E-state index in [1.54, 1.807) is 24.3 Å². The Morgan fingerprint density at radius 2 is 1.78 bits per heavy atom. The van der Waals surface area contributed by atoms with Gasteiger partial charge in [0.15, 0.2) is 0 Å². The molecule has 1 fully saturated rings. The molecule has 0 saturated carbocycles. The number of thioether (sulfide) groups is 1. The Labute approximate surface area is 164 Å². The number of sulfonamides is 1. The molecule has 2 heterocycles. The topological polar surface area (TPSA) is 83.6 Å². The molecule has 0 bridgehead atoms. The van der Waals surface area contributed by atoms with Crippen molar-refractivity contribution in [3.63, 3.8) is 0 Å². The molecule has 2 aliphatic rings. The molecule has 0 radical (unpaired) electrons. The highest BCUT2D eigenvalue weighted by Gasteiger charge is 2.38. The number of fused-ring (bicyclic) bond motifs is 1. The van der Waals surface area contributed by atoms with Crippen LogP contribution in [0.5, 0.6) is 0 Å². The summed E-state index contributed by atoms with van der Waals surface area (Å²) in [6.45, 7) is 2.70. The summed E-state index contributed by atoms with van der Waals surface area (Å²) in [5.41, 5.74) is 1.13. The van der Waals surface area contributed by atoms with Crippen LogP contribution in [0.2, 0.25) is 0 Å². The summed E-state index contributed by atoms with van der Waals surface area (Å²) in [6.07, 6.45) is 6.40. The average Bonchev–Trinajstić information content (AvgIpc) is 2.98. The number of nitrogens with zero attached hydrogens (tertiary/aromatic N) is 1. The van der Waals surface area contributed by atoms with Crippen LogP contribution in [0, 0.1) is 0 Å². The molecular formula is C19H24N2O4S2.